The maximum Gasteiger partial charge on any atom is 0.229 e. The Morgan fingerprint density at radius 2 is 2.09 bits per heavy atom. The quantitative estimate of drug-likeness (QED) is 0.438. The van der Waals surface area contributed by atoms with Crippen molar-refractivity contribution in [2.45, 2.75) is 25.4 Å². The number of imidazole rings is 1. The minimum absolute atomic E-state index is 0.134. The van der Waals surface area contributed by atoms with Gasteiger partial charge < -0.3 is 10.4 Å². The summed E-state index contributed by atoms with van der Waals surface area (Å²) >= 11 is 0. The van der Waals surface area contributed by atoms with Crippen molar-refractivity contribution in [3.63, 3.8) is 0 Å². The summed E-state index contributed by atoms with van der Waals surface area (Å²) in [5.41, 5.74) is 4.12. The Morgan fingerprint density at radius 1 is 1.27 bits per heavy atom. The predicted octanol–water partition coefficient (Wildman–Crippen LogP) is 2.51. The van der Waals surface area contributed by atoms with Crippen molar-refractivity contribution in [1.29, 1.82) is 0 Å². The lowest BCUT2D eigenvalue weighted by Crippen LogP contribution is -2.09. The third kappa shape index (κ3) is 6.08. The summed E-state index contributed by atoms with van der Waals surface area (Å²) in [5, 5.41) is 19.2. The average Bonchev–Trinajstić information content (AvgIpc) is 3.45. The van der Waals surface area contributed by atoms with Gasteiger partial charge in [-0.3, -0.25) is 19.4 Å². The van der Waals surface area contributed by atoms with Crippen molar-refractivity contribution in [2.75, 3.05) is 29.9 Å². The lowest BCUT2D eigenvalue weighted by Gasteiger charge is -2.08. The molecule has 0 radical (unpaired) electrons. The third-order valence-electron chi connectivity index (χ3n) is 5.15. The molecule has 2 aliphatic rings. The Hall–Kier alpha value is -3.44. The zero-order valence-electron chi connectivity index (χ0n) is 18.5. The van der Waals surface area contributed by atoms with Crippen LogP contribution in [0.4, 0.5) is 11.5 Å². The standard InChI is InChI=1S/C15H16N4O3S.C7H11N3/c1-23(21,22)18-13-4-2-3-11(5-13)12-6-15-17-14(9-20)8-19(15)10-16-7-12;1-8-7-4-6(9-10-7)5-2-3-5/h2-6,8,10,18,20H,7,9H2,1H3;4-5H,2-3H2,1H3,(H2,8,9,10). The first-order valence-corrected chi connectivity index (χ1v) is 12.4. The number of hydrogen-bond acceptors (Lipinski definition) is 7. The number of aliphatic imine (C=N–C) groups is 1. The number of H-pyrrole nitrogens is 1. The van der Waals surface area contributed by atoms with Crippen LogP contribution < -0.4 is 10.0 Å². The van der Waals surface area contributed by atoms with E-state index < -0.39 is 10.0 Å². The van der Waals surface area contributed by atoms with Gasteiger partial charge in [0.05, 0.1) is 31.4 Å². The second-order valence-electron chi connectivity index (χ2n) is 7.97. The summed E-state index contributed by atoms with van der Waals surface area (Å²) in [6.07, 6.45) is 9.02. The molecule has 174 valence electrons. The van der Waals surface area contributed by atoms with E-state index in [9.17, 15) is 13.5 Å². The van der Waals surface area contributed by atoms with Gasteiger partial charge in [-0.1, -0.05) is 12.1 Å². The van der Waals surface area contributed by atoms with Crippen molar-refractivity contribution in [1.82, 2.24) is 19.7 Å². The Morgan fingerprint density at radius 3 is 2.76 bits per heavy atom. The van der Waals surface area contributed by atoms with Crippen molar-refractivity contribution >= 4 is 39.5 Å². The van der Waals surface area contributed by atoms with E-state index in [-0.39, 0.29) is 6.61 Å². The van der Waals surface area contributed by atoms with Crippen molar-refractivity contribution in [2.24, 2.45) is 4.99 Å². The first-order valence-electron chi connectivity index (χ1n) is 10.5. The molecule has 0 spiro atoms. The van der Waals surface area contributed by atoms with E-state index in [4.69, 9.17) is 0 Å². The molecule has 1 aromatic carbocycles. The summed E-state index contributed by atoms with van der Waals surface area (Å²) in [5.74, 6) is 2.39. The smallest absolute Gasteiger partial charge is 0.229 e. The molecule has 4 N–H and O–H groups in total. The molecule has 1 aliphatic heterocycles. The zero-order chi connectivity index (χ0) is 23.4. The summed E-state index contributed by atoms with van der Waals surface area (Å²) in [4.78, 5) is 8.65. The number of fused-ring (bicyclic) bond motifs is 1. The fourth-order valence-corrected chi connectivity index (χ4v) is 3.96. The van der Waals surface area contributed by atoms with Gasteiger partial charge in [0.2, 0.25) is 10.0 Å². The van der Waals surface area contributed by atoms with Gasteiger partial charge in [0.1, 0.15) is 11.6 Å². The highest BCUT2D eigenvalue weighted by molar-refractivity contribution is 7.92. The van der Waals surface area contributed by atoms with Crippen molar-refractivity contribution in [3.05, 3.63) is 59.3 Å². The molecule has 5 rings (SSSR count). The van der Waals surface area contributed by atoms with E-state index in [0.717, 1.165) is 29.1 Å². The number of nitrogens with zero attached hydrogens (tertiary/aromatic N) is 4. The van der Waals surface area contributed by atoms with Crippen LogP contribution in [0.25, 0.3) is 11.6 Å². The fourth-order valence-electron chi connectivity index (χ4n) is 3.40. The number of hydrogen-bond donors (Lipinski definition) is 4. The van der Waals surface area contributed by atoms with Crippen LogP contribution in [0.3, 0.4) is 0 Å². The number of aliphatic hydroxyl groups is 1. The molecular formula is C22H27N7O3S. The maximum absolute atomic E-state index is 11.4. The molecule has 1 aliphatic carbocycles. The van der Waals surface area contributed by atoms with Crippen LogP contribution in [0.2, 0.25) is 0 Å². The van der Waals surface area contributed by atoms with Crippen LogP contribution in [-0.2, 0) is 16.6 Å². The molecule has 0 unspecified atom stereocenters. The number of sulfonamides is 1. The zero-order valence-corrected chi connectivity index (χ0v) is 19.3. The first-order chi connectivity index (χ1) is 15.8. The van der Waals surface area contributed by atoms with Gasteiger partial charge in [-0.05, 0) is 42.2 Å². The van der Waals surface area contributed by atoms with Crippen LogP contribution in [-0.4, -0.2) is 59.5 Å². The SMILES string of the molecule is CNc1cc(C2CC2)[nH]n1.CS(=O)(=O)Nc1cccc(C2=Cc3nc(CO)cn3C=NC2)c1. The second-order valence-corrected chi connectivity index (χ2v) is 9.72. The van der Waals surface area contributed by atoms with Crippen LogP contribution >= 0.6 is 0 Å². The van der Waals surface area contributed by atoms with Gasteiger partial charge in [0, 0.05) is 36.6 Å². The van der Waals surface area contributed by atoms with Gasteiger partial charge in [0.25, 0.3) is 0 Å². The van der Waals surface area contributed by atoms with Crippen molar-refractivity contribution in [3.8, 4) is 0 Å². The highest BCUT2D eigenvalue weighted by atomic mass is 32.2. The minimum atomic E-state index is -3.32. The second kappa shape index (κ2) is 9.59. The minimum Gasteiger partial charge on any atom is -0.390 e. The highest BCUT2D eigenvalue weighted by Crippen LogP contribution is 2.39. The average molecular weight is 470 g/mol. The van der Waals surface area contributed by atoms with Crippen LogP contribution in [0, 0.1) is 0 Å². The van der Waals surface area contributed by atoms with E-state index in [1.54, 1.807) is 35.3 Å². The molecule has 33 heavy (non-hydrogen) atoms. The largest absolute Gasteiger partial charge is 0.390 e. The molecule has 0 bridgehead atoms. The number of benzene rings is 1. The van der Waals surface area contributed by atoms with E-state index in [1.165, 1.54) is 18.5 Å². The van der Waals surface area contributed by atoms with Crippen LogP contribution in [0.1, 0.15) is 41.5 Å². The number of aromatic nitrogens is 4. The molecule has 0 saturated heterocycles. The number of nitrogens with one attached hydrogen (secondary N) is 3. The lowest BCUT2D eigenvalue weighted by atomic mass is 10.0. The molecular weight excluding hydrogens is 442 g/mol. The van der Waals surface area contributed by atoms with E-state index in [0.29, 0.717) is 23.8 Å². The molecule has 3 aromatic rings. The number of rotatable bonds is 6. The molecule has 10 nitrogen and oxygen atoms in total. The summed E-state index contributed by atoms with van der Waals surface area (Å²) < 4.78 is 26.9. The van der Waals surface area contributed by atoms with Gasteiger partial charge in [0.15, 0.2) is 0 Å². The number of aliphatic hydroxyl groups excluding tert-OH is 1. The molecule has 2 aromatic heterocycles. The maximum atomic E-state index is 11.4. The van der Waals surface area contributed by atoms with Gasteiger partial charge >= 0.3 is 0 Å². The first kappa shape index (κ1) is 22.7. The normalized spacial score (nSPS) is 15.1. The highest BCUT2D eigenvalue weighted by Gasteiger charge is 2.25. The van der Waals surface area contributed by atoms with Crippen LogP contribution in [0.5, 0.6) is 0 Å². The Kier molecular flexibility index (Phi) is 6.61. The molecule has 0 atom stereocenters. The van der Waals surface area contributed by atoms with E-state index in [1.807, 2.05) is 19.2 Å². The molecule has 0 amide bonds. The van der Waals surface area contributed by atoms with E-state index >= 15 is 0 Å². The molecule has 11 heteroatoms. The summed E-state index contributed by atoms with van der Waals surface area (Å²) in [6, 6.07) is 9.20. The van der Waals surface area contributed by atoms with Gasteiger partial charge in [-0.2, -0.15) is 5.10 Å². The lowest BCUT2D eigenvalue weighted by molar-refractivity contribution is 0.277. The summed E-state index contributed by atoms with van der Waals surface area (Å²) in [6.45, 7) is 0.324. The molecule has 1 saturated carbocycles. The number of aromatic amines is 1. The molecule has 3 heterocycles. The molecule has 1 fully saturated rings. The Balaban J connectivity index is 0.000000214. The van der Waals surface area contributed by atoms with E-state index in [2.05, 4.69) is 36.3 Å². The van der Waals surface area contributed by atoms with Gasteiger partial charge in [-0.25, -0.2) is 13.4 Å². The monoisotopic (exact) mass is 469 g/mol. The number of anilines is 2. The van der Waals surface area contributed by atoms with Gasteiger partial charge in [-0.15, -0.1) is 0 Å². The van der Waals surface area contributed by atoms with Crippen molar-refractivity contribution < 1.29 is 13.5 Å². The topological polar surface area (TPSA) is 137 Å². The predicted molar refractivity (Wildman–Crippen MR) is 130 cm³/mol. The third-order valence-corrected chi connectivity index (χ3v) is 5.76. The van der Waals surface area contributed by atoms with Crippen LogP contribution in [0.15, 0.2) is 41.5 Å². The Labute approximate surface area is 192 Å². The fraction of sp³-hybridized carbons (Fsp3) is 0.318. The Bertz CT molecular complexity index is 1290. The summed E-state index contributed by atoms with van der Waals surface area (Å²) in [7, 11) is -1.44.